The molecule has 2 aliphatic rings. The maximum Gasteiger partial charge on any atom is 0.0761 e. The third-order valence-corrected chi connectivity index (χ3v) is 5.67. The van der Waals surface area contributed by atoms with Crippen LogP contribution >= 0.6 is 0 Å². The fourth-order valence-corrected chi connectivity index (χ4v) is 3.86. The van der Waals surface area contributed by atoms with E-state index in [1.165, 1.54) is 24.9 Å². The maximum atomic E-state index is 9.02. The number of aliphatic hydroxyl groups excluding tert-OH is 1. The van der Waals surface area contributed by atoms with E-state index in [9.17, 15) is 0 Å². The second-order valence-corrected chi connectivity index (χ2v) is 7.92. The van der Waals surface area contributed by atoms with Gasteiger partial charge in [-0.25, -0.2) is 0 Å². The monoisotopic (exact) mass is 338 g/mol. The van der Waals surface area contributed by atoms with Crippen LogP contribution in [-0.4, -0.2) is 28.6 Å². The molecule has 4 rings (SSSR count). The first kappa shape index (κ1) is 18.1. The molecule has 2 atom stereocenters. The zero-order valence-corrected chi connectivity index (χ0v) is 15.4. The smallest absolute Gasteiger partial charge is 0.0761 e. The van der Waals surface area contributed by atoms with E-state index in [1.807, 2.05) is 30.3 Å². The third kappa shape index (κ3) is 4.30. The molecule has 1 aliphatic heterocycles. The Balaban J connectivity index is 0.000000173. The summed E-state index contributed by atoms with van der Waals surface area (Å²) in [6.07, 6.45) is 2.31. The number of nitrogens with zero attached hydrogens (tertiary/aromatic N) is 1. The molecule has 0 amide bonds. The van der Waals surface area contributed by atoms with Crippen LogP contribution in [0.25, 0.3) is 0 Å². The van der Waals surface area contributed by atoms with Gasteiger partial charge in [0.2, 0.25) is 0 Å². The lowest BCUT2D eigenvalue weighted by Crippen LogP contribution is -2.45. The number of hydrogen-bond donors (Lipinski definition) is 2. The number of rotatable bonds is 3. The van der Waals surface area contributed by atoms with E-state index in [4.69, 9.17) is 10.8 Å². The Hall–Kier alpha value is -1.68. The van der Waals surface area contributed by atoms with Gasteiger partial charge in [0, 0.05) is 30.6 Å². The second-order valence-electron chi connectivity index (χ2n) is 7.92. The Morgan fingerprint density at radius 1 is 1.00 bits per heavy atom. The molecule has 2 fully saturated rings. The molecule has 1 heterocycles. The number of benzene rings is 2. The molecule has 0 unspecified atom stereocenters. The van der Waals surface area contributed by atoms with Crippen molar-refractivity contribution in [3.8, 4) is 0 Å². The first-order chi connectivity index (χ1) is 11.9. The van der Waals surface area contributed by atoms with E-state index in [1.54, 1.807) is 6.92 Å². The topological polar surface area (TPSA) is 49.5 Å². The van der Waals surface area contributed by atoms with E-state index >= 15 is 0 Å². The van der Waals surface area contributed by atoms with E-state index in [0.29, 0.717) is 5.41 Å². The normalized spacial score (nSPS) is 25.3. The highest BCUT2D eigenvalue weighted by atomic mass is 16.3. The molecule has 0 radical (unpaired) electrons. The van der Waals surface area contributed by atoms with E-state index < -0.39 is 0 Å². The lowest BCUT2D eigenvalue weighted by Gasteiger charge is -2.25. The molecule has 2 aromatic carbocycles. The molecular formula is C22H30N2O. The number of hydrogen-bond acceptors (Lipinski definition) is 3. The van der Waals surface area contributed by atoms with Crippen LogP contribution in [0.4, 0.5) is 0 Å². The van der Waals surface area contributed by atoms with Gasteiger partial charge in [0.1, 0.15) is 0 Å². The molecule has 0 bridgehead atoms. The molecule has 3 N–H and O–H groups in total. The fraction of sp³-hybridized carbons (Fsp3) is 0.455. The van der Waals surface area contributed by atoms with Crippen molar-refractivity contribution in [1.29, 1.82) is 0 Å². The van der Waals surface area contributed by atoms with Crippen LogP contribution in [0.1, 0.15) is 43.9 Å². The van der Waals surface area contributed by atoms with Gasteiger partial charge in [0.15, 0.2) is 0 Å². The number of likely N-dealkylation sites (tertiary alicyclic amines) is 1. The van der Waals surface area contributed by atoms with E-state index in [2.05, 4.69) is 42.2 Å². The van der Waals surface area contributed by atoms with Crippen LogP contribution < -0.4 is 5.73 Å². The van der Waals surface area contributed by atoms with E-state index in [-0.39, 0.29) is 11.6 Å². The Labute approximate surface area is 151 Å². The Morgan fingerprint density at radius 2 is 1.56 bits per heavy atom. The molecule has 1 saturated carbocycles. The Morgan fingerprint density at radius 3 is 2.00 bits per heavy atom. The highest BCUT2D eigenvalue weighted by Gasteiger charge is 2.59. The molecule has 1 spiro atoms. The number of aliphatic hydroxyl groups is 1. The van der Waals surface area contributed by atoms with Crippen molar-refractivity contribution in [1.82, 2.24) is 4.90 Å². The summed E-state index contributed by atoms with van der Waals surface area (Å²) in [5.41, 5.74) is 9.27. The highest BCUT2D eigenvalue weighted by Crippen LogP contribution is 2.57. The molecular weight excluding hydrogens is 308 g/mol. The summed E-state index contributed by atoms with van der Waals surface area (Å²) in [4.78, 5) is 2.52. The van der Waals surface area contributed by atoms with Crippen LogP contribution in [0.2, 0.25) is 0 Å². The van der Waals surface area contributed by atoms with Crippen LogP contribution in [0.5, 0.6) is 0 Å². The van der Waals surface area contributed by atoms with Gasteiger partial charge in [0.05, 0.1) is 6.10 Å². The van der Waals surface area contributed by atoms with Gasteiger partial charge in [0.25, 0.3) is 0 Å². The first-order valence-corrected chi connectivity index (χ1v) is 9.20. The minimum absolute atomic E-state index is 0.0295. The van der Waals surface area contributed by atoms with Crippen molar-refractivity contribution in [2.45, 2.75) is 44.9 Å². The Kier molecular flexibility index (Phi) is 5.28. The molecule has 3 heteroatoms. The molecule has 134 valence electrons. The maximum absolute atomic E-state index is 9.02. The van der Waals surface area contributed by atoms with Crippen molar-refractivity contribution >= 4 is 0 Å². The summed E-state index contributed by atoms with van der Waals surface area (Å²) in [6.45, 7) is 7.27. The average molecular weight is 338 g/mol. The summed E-state index contributed by atoms with van der Waals surface area (Å²) in [5.74, 6) is 0. The van der Waals surface area contributed by atoms with Crippen LogP contribution in [0.15, 0.2) is 60.7 Å². The van der Waals surface area contributed by atoms with Crippen molar-refractivity contribution in [3.63, 3.8) is 0 Å². The van der Waals surface area contributed by atoms with Gasteiger partial charge in [-0.3, -0.25) is 4.90 Å². The van der Waals surface area contributed by atoms with Crippen LogP contribution in [-0.2, 0) is 6.54 Å². The van der Waals surface area contributed by atoms with Gasteiger partial charge in [-0.05, 0) is 37.8 Å². The van der Waals surface area contributed by atoms with E-state index in [0.717, 1.165) is 18.7 Å². The lowest BCUT2D eigenvalue weighted by molar-refractivity contribution is 0.199. The van der Waals surface area contributed by atoms with Crippen molar-refractivity contribution in [3.05, 3.63) is 71.8 Å². The zero-order valence-electron chi connectivity index (χ0n) is 15.4. The minimum Gasteiger partial charge on any atom is -0.389 e. The van der Waals surface area contributed by atoms with Crippen molar-refractivity contribution in [2.24, 2.45) is 11.1 Å². The van der Waals surface area contributed by atoms with Crippen LogP contribution in [0, 0.1) is 5.41 Å². The van der Waals surface area contributed by atoms with Crippen molar-refractivity contribution < 1.29 is 5.11 Å². The van der Waals surface area contributed by atoms with Crippen LogP contribution in [0.3, 0.4) is 0 Å². The molecule has 3 nitrogen and oxygen atoms in total. The number of nitrogens with two attached hydrogens (primary N) is 1. The summed E-state index contributed by atoms with van der Waals surface area (Å²) in [6, 6.07) is 20.3. The zero-order chi connectivity index (χ0) is 17.9. The standard InChI is InChI=1S/C14H20N2.C8H10O/c1-13(15)10-16(11-14(13)7-8-14)9-12-5-3-2-4-6-12;1-7(9)8-5-3-2-4-6-8/h2-6H,7-11,15H2,1H3;2-7,9H,1H3/t13-;7-/m10/s1. The molecule has 25 heavy (non-hydrogen) atoms. The fourth-order valence-electron chi connectivity index (χ4n) is 3.86. The van der Waals surface area contributed by atoms with Gasteiger partial charge in [-0.1, -0.05) is 60.7 Å². The third-order valence-electron chi connectivity index (χ3n) is 5.67. The van der Waals surface area contributed by atoms with Gasteiger partial charge < -0.3 is 10.8 Å². The minimum atomic E-state index is -0.341. The lowest BCUT2D eigenvalue weighted by atomic mass is 9.87. The average Bonchev–Trinajstić information content (AvgIpc) is 3.33. The Bertz CT molecular complexity index is 657. The van der Waals surface area contributed by atoms with Crippen molar-refractivity contribution in [2.75, 3.05) is 13.1 Å². The SMILES string of the molecule is C[C@@]1(N)CN(Cc2ccccc2)CC12CC2.C[C@H](O)c1ccccc1. The largest absolute Gasteiger partial charge is 0.389 e. The summed E-state index contributed by atoms with van der Waals surface area (Å²) >= 11 is 0. The molecule has 1 saturated heterocycles. The summed E-state index contributed by atoms with van der Waals surface area (Å²) in [5, 5.41) is 9.02. The predicted octanol–water partition coefficient (Wildman–Crippen LogP) is 3.74. The molecule has 2 aromatic rings. The first-order valence-electron chi connectivity index (χ1n) is 9.20. The van der Waals surface area contributed by atoms with Gasteiger partial charge >= 0.3 is 0 Å². The second kappa shape index (κ2) is 7.28. The van der Waals surface area contributed by atoms with Gasteiger partial charge in [-0.15, -0.1) is 0 Å². The highest BCUT2D eigenvalue weighted by molar-refractivity contribution is 5.19. The predicted molar refractivity (Wildman–Crippen MR) is 103 cm³/mol. The molecule has 0 aromatic heterocycles. The summed E-state index contributed by atoms with van der Waals surface area (Å²) in [7, 11) is 0. The summed E-state index contributed by atoms with van der Waals surface area (Å²) < 4.78 is 0. The van der Waals surface area contributed by atoms with Gasteiger partial charge in [-0.2, -0.15) is 0 Å². The molecule has 1 aliphatic carbocycles. The quantitative estimate of drug-likeness (QED) is 0.896.